The van der Waals surface area contributed by atoms with Gasteiger partial charge in [-0.05, 0) is 19.5 Å². The minimum atomic E-state index is -0.492. The molecule has 0 saturated carbocycles. The molecule has 1 aromatic carbocycles. The van der Waals surface area contributed by atoms with Gasteiger partial charge in [0.15, 0.2) is 5.76 Å². The maximum atomic E-state index is 10.8. The molecule has 0 aliphatic rings. The molecule has 0 amide bonds. The first kappa shape index (κ1) is 14.5. The van der Waals surface area contributed by atoms with Crippen LogP contribution in [0.4, 0.5) is 5.69 Å². The minimum Gasteiger partial charge on any atom is -0.439 e. The first-order valence-corrected chi connectivity index (χ1v) is 6.53. The lowest BCUT2D eigenvalue weighted by Gasteiger charge is -2.06. The third-order valence-corrected chi connectivity index (χ3v) is 3.00. The molecule has 106 valence electrons. The molecule has 0 fully saturated rings. The molecule has 0 radical (unpaired) electrons. The molecule has 1 unspecified atom stereocenters. The Labute approximate surface area is 120 Å². The van der Waals surface area contributed by atoms with E-state index in [9.17, 15) is 10.1 Å². The predicted octanol–water partition coefficient (Wildman–Crippen LogP) is 3.57. The largest absolute Gasteiger partial charge is 0.439 e. The van der Waals surface area contributed by atoms with Crippen molar-refractivity contribution in [2.45, 2.75) is 19.9 Å². The predicted molar refractivity (Wildman–Crippen MR) is 75.7 cm³/mol. The lowest BCUT2D eigenvalue weighted by molar-refractivity contribution is -0.384. The maximum Gasteiger partial charge on any atom is 0.271 e. The third-order valence-electron chi connectivity index (χ3n) is 2.78. The summed E-state index contributed by atoms with van der Waals surface area (Å²) in [5.74, 6) is 0.986. The zero-order valence-electron chi connectivity index (χ0n) is 11.1. The number of halogens is 1. The Hall–Kier alpha value is -1.92. The van der Waals surface area contributed by atoms with Gasteiger partial charge in [-0.1, -0.05) is 18.5 Å². The number of hydrogen-bond donors (Lipinski definition) is 1. The quantitative estimate of drug-likeness (QED) is 0.673. The fourth-order valence-electron chi connectivity index (χ4n) is 1.84. The Morgan fingerprint density at radius 2 is 2.25 bits per heavy atom. The van der Waals surface area contributed by atoms with Gasteiger partial charge < -0.3 is 9.73 Å². The molecule has 0 bridgehead atoms. The first-order chi connectivity index (χ1) is 9.51. The Balaban J connectivity index is 2.34. The molecular weight excluding hydrogens is 282 g/mol. The second kappa shape index (κ2) is 6.02. The van der Waals surface area contributed by atoms with Crippen LogP contribution in [-0.2, 0) is 0 Å². The van der Waals surface area contributed by atoms with Gasteiger partial charge in [-0.15, -0.1) is 0 Å². The zero-order valence-corrected chi connectivity index (χ0v) is 11.8. The van der Waals surface area contributed by atoms with Crippen LogP contribution in [0.15, 0.2) is 28.8 Å². The molecule has 1 heterocycles. The molecule has 20 heavy (non-hydrogen) atoms. The van der Waals surface area contributed by atoms with Crippen molar-refractivity contribution in [2.75, 3.05) is 6.54 Å². The summed E-state index contributed by atoms with van der Waals surface area (Å²) in [5, 5.41) is 14.3. The number of rotatable bonds is 5. The summed E-state index contributed by atoms with van der Waals surface area (Å²) in [6.07, 6.45) is 1.54. The van der Waals surface area contributed by atoms with Crippen LogP contribution >= 0.6 is 11.6 Å². The van der Waals surface area contributed by atoms with E-state index in [0.717, 1.165) is 6.54 Å². The highest BCUT2D eigenvalue weighted by molar-refractivity contribution is 6.31. The normalized spacial score (nSPS) is 12.3. The highest BCUT2D eigenvalue weighted by Crippen LogP contribution is 2.29. The van der Waals surface area contributed by atoms with E-state index in [2.05, 4.69) is 10.3 Å². The smallest absolute Gasteiger partial charge is 0.271 e. The van der Waals surface area contributed by atoms with Crippen molar-refractivity contribution in [2.24, 2.45) is 0 Å². The van der Waals surface area contributed by atoms with Crippen LogP contribution in [0.3, 0.4) is 0 Å². The fourth-order valence-corrected chi connectivity index (χ4v) is 2.07. The molecule has 7 heteroatoms. The van der Waals surface area contributed by atoms with Crippen LogP contribution < -0.4 is 5.32 Å². The van der Waals surface area contributed by atoms with E-state index in [1.54, 1.807) is 12.3 Å². The highest BCUT2D eigenvalue weighted by Gasteiger charge is 2.15. The number of oxazole rings is 1. The van der Waals surface area contributed by atoms with E-state index in [-0.39, 0.29) is 16.8 Å². The van der Waals surface area contributed by atoms with Crippen LogP contribution in [0.2, 0.25) is 5.02 Å². The van der Waals surface area contributed by atoms with Crippen LogP contribution in [0.1, 0.15) is 25.8 Å². The van der Waals surface area contributed by atoms with Gasteiger partial charge in [0.1, 0.15) is 0 Å². The van der Waals surface area contributed by atoms with E-state index in [1.165, 1.54) is 12.1 Å². The first-order valence-electron chi connectivity index (χ1n) is 6.15. The number of non-ortho nitro benzene ring substituents is 1. The average molecular weight is 296 g/mol. The number of hydrogen-bond acceptors (Lipinski definition) is 5. The van der Waals surface area contributed by atoms with Gasteiger partial charge in [-0.3, -0.25) is 10.1 Å². The Kier molecular flexibility index (Phi) is 4.36. The number of nitro groups is 1. The standard InChI is InChI=1S/C13H14ClN3O3/c1-3-15-8(2)13-16-7-12(20-13)9-4-10(14)6-11(5-9)17(18)19/h4-8,15H,3H2,1-2H3. The molecule has 2 aromatic rings. The minimum absolute atomic E-state index is 0.0251. The Bertz CT molecular complexity index is 627. The summed E-state index contributed by atoms with van der Waals surface area (Å²) in [6, 6.07) is 4.29. The number of nitro benzene ring substituents is 1. The fraction of sp³-hybridized carbons (Fsp3) is 0.308. The van der Waals surface area contributed by atoms with E-state index in [1.807, 2.05) is 13.8 Å². The molecule has 6 nitrogen and oxygen atoms in total. The molecule has 1 atom stereocenters. The Morgan fingerprint density at radius 3 is 2.90 bits per heavy atom. The number of nitrogens with zero attached hydrogens (tertiary/aromatic N) is 2. The van der Waals surface area contributed by atoms with Crippen molar-refractivity contribution < 1.29 is 9.34 Å². The van der Waals surface area contributed by atoms with Gasteiger partial charge in [-0.25, -0.2) is 4.98 Å². The third kappa shape index (κ3) is 3.15. The van der Waals surface area contributed by atoms with E-state index < -0.39 is 4.92 Å². The van der Waals surface area contributed by atoms with Crippen LogP contribution in [0.25, 0.3) is 11.3 Å². The Morgan fingerprint density at radius 1 is 1.50 bits per heavy atom. The summed E-state index contributed by atoms with van der Waals surface area (Å²) in [6.45, 7) is 4.71. The van der Waals surface area contributed by atoms with Gasteiger partial charge in [-0.2, -0.15) is 0 Å². The molecule has 1 aromatic heterocycles. The van der Waals surface area contributed by atoms with Gasteiger partial charge in [0.05, 0.1) is 17.2 Å². The highest BCUT2D eigenvalue weighted by atomic mass is 35.5. The SMILES string of the molecule is CCNC(C)c1ncc(-c2cc(Cl)cc([N+](=O)[O-])c2)o1. The lowest BCUT2D eigenvalue weighted by atomic mass is 10.1. The average Bonchev–Trinajstić information content (AvgIpc) is 2.88. The molecule has 0 spiro atoms. The van der Waals surface area contributed by atoms with Crippen molar-refractivity contribution in [1.29, 1.82) is 0 Å². The van der Waals surface area contributed by atoms with Crippen molar-refractivity contribution in [3.8, 4) is 11.3 Å². The topological polar surface area (TPSA) is 81.2 Å². The van der Waals surface area contributed by atoms with E-state index in [4.69, 9.17) is 16.0 Å². The number of benzene rings is 1. The van der Waals surface area contributed by atoms with Crippen molar-refractivity contribution in [3.05, 3.63) is 45.4 Å². The molecular formula is C13H14ClN3O3. The maximum absolute atomic E-state index is 10.8. The number of aromatic nitrogens is 1. The zero-order chi connectivity index (χ0) is 14.7. The van der Waals surface area contributed by atoms with Crippen molar-refractivity contribution in [3.63, 3.8) is 0 Å². The van der Waals surface area contributed by atoms with Gasteiger partial charge in [0.25, 0.3) is 5.69 Å². The summed E-state index contributed by atoms with van der Waals surface area (Å²) in [4.78, 5) is 14.5. The van der Waals surface area contributed by atoms with Gasteiger partial charge in [0, 0.05) is 22.7 Å². The number of nitrogens with one attached hydrogen (secondary N) is 1. The molecule has 0 aliphatic heterocycles. The van der Waals surface area contributed by atoms with Crippen LogP contribution in [-0.4, -0.2) is 16.5 Å². The molecule has 0 aliphatic carbocycles. The van der Waals surface area contributed by atoms with E-state index in [0.29, 0.717) is 17.2 Å². The van der Waals surface area contributed by atoms with Gasteiger partial charge in [0.2, 0.25) is 5.89 Å². The summed E-state index contributed by atoms with van der Waals surface area (Å²) >= 11 is 5.88. The van der Waals surface area contributed by atoms with Gasteiger partial charge >= 0.3 is 0 Å². The molecule has 2 rings (SSSR count). The van der Waals surface area contributed by atoms with Crippen LogP contribution in [0, 0.1) is 10.1 Å². The van der Waals surface area contributed by atoms with Crippen molar-refractivity contribution in [1.82, 2.24) is 10.3 Å². The summed E-state index contributed by atoms with van der Waals surface area (Å²) < 4.78 is 5.62. The lowest BCUT2D eigenvalue weighted by Crippen LogP contribution is -2.17. The van der Waals surface area contributed by atoms with E-state index >= 15 is 0 Å². The van der Waals surface area contributed by atoms with Crippen molar-refractivity contribution >= 4 is 17.3 Å². The molecule has 0 saturated heterocycles. The summed E-state index contributed by atoms with van der Waals surface area (Å²) in [5.41, 5.74) is 0.455. The second-order valence-corrected chi connectivity index (χ2v) is 4.73. The monoisotopic (exact) mass is 295 g/mol. The second-order valence-electron chi connectivity index (χ2n) is 4.30. The molecule has 1 N–H and O–H groups in total. The summed E-state index contributed by atoms with van der Waals surface area (Å²) in [7, 11) is 0. The van der Waals surface area contributed by atoms with Crippen LogP contribution in [0.5, 0.6) is 0 Å².